The van der Waals surface area contributed by atoms with E-state index in [-0.39, 0.29) is 0 Å². The van der Waals surface area contributed by atoms with Gasteiger partial charge in [-0.1, -0.05) is 104 Å². The van der Waals surface area contributed by atoms with Crippen molar-refractivity contribution in [2.45, 2.75) is 71.1 Å². The van der Waals surface area contributed by atoms with E-state index in [0.29, 0.717) is 11.6 Å². The SMILES string of the molecule is CCCCCCOc1c(Cl)cc(OCCCCCCCCBr)c2ccccc12. The van der Waals surface area contributed by atoms with Gasteiger partial charge in [0.05, 0.1) is 18.2 Å². The number of hydrogen-bond donors (Lipinski definition) is 0. The predicted octanol–water partition coefficient (Wildman–Crippen LogP) is 8.57. The molecular weight excluding hydrogens is 436 g/mol. The van der Waals surface area contributed by atoms with Crippen molar-refractivity contribution < 1.29 is 9.47 Å². The molecule has 0 aliphatic heterocycles. The van der Waals surface area contributed by atoms with E-state index < -0.39 is 0 Å². The van der Waals surface area contributed by atoms with Crippen LogP contribution in [0, 0.1) is 0 Å². The molecule has 0 radical (unpaired) electrons. The van der Waals surface area contributed by atoms with Gasteiger partial charge in [-0.2, -0.15) is 0 Å². The Balaban J connectivity index is 1.91. The third-order valence-corrected chi connectivity index (χ3v) is 5.78. The third kappa shape index (κ3) is 7.83. The van der Waals surface area contributed by atoms with Crippen molar-refractivity contribution >= 4 is 38.3 Å². The van der Waals surface area contributed by atoms with E-state index in [1.54, 1.807) is 0 Å². The lowest BCUT2D eigenvalue weighted by Gasteiger charge is -2.15. The molecule has 0 N–H and O–H groups in total. The van der Waals surface area contributed by atoms with Gasteiger partial charge < -0.3 is 9.47 Å². The molecule has 28 heavy (non-hydrogen) atoms. The fourth-order valence-corrected chi connectivity index (χ4v) is 3.99. The summed E-state index contributed by atoms with van der Waals surface area (Å²) in [6.45, 7) is 3.66. The highest BCUT2D eigenvalue weighted by Gasteiger charge is 2.13. The number of hydrogen-bond acceptors (Lipinski definition) is 2. The summed E-state index contributed by atoms with van der Waals surface area (Å²) >= 11 is 10.0. The molecule has 0 bridgehead atoms. The highest BCUT2D eigenvalue weighted by molar-refractivity contribution is 9.09. The first kappa shape index (κ1) is 23.3. The van der Waals surface area contributed by atoms with Crippen LogP contribution in [0.15, 0.2) is 30.3 Å². The number of benzene rings is 2. The van der Waals surface area contributed by atoms with E-state index in [0.717, 1.165) is 47.1 Å². The molecule has 0 heterocycles. The van der Waals surface area contributed by atoms with Crippen LogP contribution in [0.25, 0.3) is 10.8 Å². The molecule has 0 unspecified atom stereocenters. The minimum absolute atomic E-state index is 0.638. The summed E-state index contributed by atoms with van der Waals surface area (Å²) in [6, 6.07) is 10.1. The Morgan fingerprint density at radius 2 is 1.39 bits per heavy atom. The highest BCUT2D eigenvalue weighted by atomic mass is 79.9. The number of unbranched alkanes of at least 4 members (excludes halogenated alkanes) is 8. The zero-order valence-electron chi connectivity index (χ0n) is 17.2. The van der Waals surface area contributed by atoms with Gasteiger partial charge in [-0.25, -0.2) is 0 Å². The fourth-order valence-electron chi connectivity index (χ4n) is 3.34. The van der Waals surface area contributed by atoms with E-state index in [2.05, 4.69) is 35.0 Å². The van der Waals surface area contributed by atoms with Crippen molar-refractivity contribution in [2.24, 2.45) is 0 Å². The molecular formula is C24H34BrClO2. The molecule has 0 atom stereocenters. The van der Waals surface area contributed by atoms with Gasteiger partial charge in [0.25, 0.3) is 0 Å². The van der Waals surface area contributed by atoms with Crippen molar-refractivity contribution in [3.8, 4) is 11.5 Å². The van der Waals surface area contributed by atoms with Crippen LogP contribution in [0.1, 0.15) is 71.1 Å². The lowest BCUT2D eigenvalue weighted by molar-refractivity contribution is 0.302. The van der Waals surface area contributed by atoms with Gasteiger partial charge in [-0.05, 0) is 19.3 Å². The van der Waals surface area contributed by atoms with Crippen LogP contribution < -0.4 is 9.47 Å². The Morgan fingerprint density at radius 1 is 0.786 bits per heavy atom. The maximum atomic E-state index is 6.55. The topological polar surface area (TPSA) is 18.5 Å². The van der Waals surface area contributed by atoms with Crippen LogP contribution in [-0.4, -0.2) is 18.5 Å². The summed E-state index contributed by atoms with van der Waals surface area (Å²) in [4.78, 5) is 0. The van der Waals surface area contributed by atoms with Crippen molar-refractivity contribution in [3.05, 3.63) is 35.4 Å². The molecule has 2 nitrogen and oxygen atoms in total. The molecule has 2 aromatic carbocycles. The molecule has 4 heteroatoms. The number of halogens is 2. The Hall–Kier alpha value is -0.930. The summed E-state index contributed by atoms with van der Waals surface area (Å²) in [5.74, 6) is 1.64. The zero-order chi connectivity index (χ0) is 20.0. The quantitative estimate of drug-likeness (QED) is 0.192. The average Bonchev–Trinajstić information content (AvgIpc) is 2.71. The van der Waals surface area contributed by atoms with Crippen LogP contribution in [0.4, 0.5) is 0 Å². The Kier molecular flexibility index (Phi) is 11.8. The number of rotatable bonds is 15. The van der Waals surface area contributed by atoms with Crippen LogP contribution in [0.2, 0.25) is 5.02 Å². The molecule has 0 spiro atoms. The number of fused-ring (bicyclic) bond motifs is 1. The standard InChI is InChI=1S/C24H34BrClO2/c1-2-3-4-12-18-28-24-21-15-10-9-14-20(21)23(19-22(24)26)27-17-13-8-6-5-7-11-16-25/h9-10,14-15,19H,2-8,11-13,16-18H2,1H3. The van der Waals surface area contributed by atoms with Gasteiger partial charge in [0, 0.05) is 22.2 Å². The molecule has 0 aromatic heterocycles. The molecule has 0 amide bonds. The summed E-state index contributed by atoms with van der Waals surface area (Å²) < 4.78 is 12.1. The second kappa shape index (κ2) is 14.1. The largest absolute Gasteiger partial charge is 0.493 e. The van der Waals surface area contributed by atoms with E-state index >= 15 is 0 Å². The van der Waals surface area contributed by atoms with E-state index in [9.17, 15) is 0 Å². The van der Waals surface area contributed by atoms with Gasteiger partial charge in [-0.15, -0.1) is 0 Å². The molecule has 156 valence electrons. The average molecular weight is 470 g/mol. The van der Waals surface area contributed by atoms with Crippen molar-refractivity contribution in [1.82, 2.24) is 0 Å². The number of alkyl halides is 1. The molecule has 0 fully saturated rings. The minimum Gasteiger partial charge on any atom is -0.493 e. The van der Waals surface area contributed by atoms with Crippen molar-refractivity contribution in [3.63, 3.8) is 0 Å². The molecule has 0 aliphatic carbocycles. The lowest BCUT2D eigenvalue weighted by Crippen LogP contribution is -2.01. The van der Waals surface area contributed by atoms with Gasteiger partial charge in [0.1, 0.15) is 11.5 Å². The normalized spacial score (nSPS) is 11.1. The second-order valence-electron chi connectivity index (χ2n) is 7.30. The van der Waals surface area contributed by atoms with Crippen LogP contribution >= 0.6 is 27.5 Å². The first-order valence-corrected chi connectivity index (χ1v) is 12.3. The van der Waals surface area contributed by atoms with E-state index in [1.165, 1.54) is 51.4 Å². The smallest absolute Gasteiger partial charge is 0.145 e. The molecule has 2 rings (SSSR count). The maximum Gasteiger partial charge on any atom is 0.145 e. The Bertz CT molecular complexity index is 690. The predicted molar refractivity (Wildman–Crippen MR) is 126 cm³/mol. The summed E-state index contributed by atoms with van der Waals surface area (Å²) in [6.07, 6.45) is 12.2. The van der Waals surface area contributed by atoms with Crippen LogP contribution in [-0.2, 0) is 0 Å². The number of ether oxygens (including phenoxy) is 2. The van der Waals surface area contributed by atoms with Crippen molar-refractivity contribution in [1.29, 1.82) is 0 Å². The first-order chi connectivity index (χ1) is 13.8. The Morgan fingerprint density at radius 3 is 2.11 bits per heavy atom. The highest BCUT2D eigenvalue weighted by Crippen LogP contribution is 2.39. The summed E-state index contributed by atoms with van der Waals surface area (Å²) in [5, 5.41) is 3.87. The van der Waals surface area contributed by atoms with Gasteiger partial charge in [0.2, 0.25) is 0 Å². The monoisotopic (exact) mass is 468 g/mol. The van der Waals surface area contributed by atoms with E-state index in [1.807, 2.05) is 18.2 Å². The van der Waals surface area contributed by atoms with Crippen molar-refractivity contribution in [2.75, 3.05) is 18.5 Å². The minimum atomic E-state index is 0.638. The summed E-state index contributed by atoms with van der Waals surface area (Å²) in [7, 11) is 0. The van der Waals surface area contributed by atoms with Gasteiger partial charge in [-0.3, -0.25) is 0 Å². The molecule has 0 aliphatic rings. The summed E-state index contributed by atoms with van der Waals surface area (Å²) in [5.41, 5.74) is 0. The molecule has 2 aromatic rings. The van der Waals surface area contributed by atoms with Crippen LogP contribution in [0.5, 0.6) is 11.5 Å². The fraction of sp³-hybridized carbons (Fsp3) is 0.583. The lowest BCUT2D eigenvalue weighted by atomic mass is 10.1. The Labute approximate surface area is 184 Å². The van der Waals surface area contributed by atoms with Crippen LogP contribution in [0.3, 0.4) is 0 Å². The molecule has 0 saturated heterocycles. The van der Waals surface area contributed by atoms with Gasteiger partial charge in [0.15, 0.2) is 0 Å². The zero-order valence-corrected chi connectivity index (χ0v) is 19.5. The third-order valence-electron chi connectivity index (χ3n) is 4.94. The first-order valence-electron chi connectivity index (χ1n) is 10.8. The van der Waals surface area contributed by atoms with E-state index in [4.69, 9.17) is 21.1 Å². The maximum absolute atomic E-state index is 6.55. The molecule has 0 saturated carbocycles. The second-order valence-corrected chi connectivity index (χ2v) is 8.50. The van der Waals surface area contributed by atoms with Gasteiger partial charge >= 0.3 is 0 Å².